The Bertz CT molecular complexity index is 881. The van der Waals surface area contributed by atoms with Gasteiger partial charge in [0.2, 0.25) is 11.8 Å². The van der Waals surface area contributed by atoms with Gasteiger partial charge in [-0.1, -0.05) is 12.1 Å². The van der Waals surface area contributed by atoms with E-state index in [0.717, 1.165) is 5.56 Å². The molecule has 4 rings (SSSR count). The van der Waals surface area contributed by atoms with Crippen LogP contribution < -0.4 is 16.0 Å². The smallest absolute Gasteiger partial charge is 0.322 e. The number of hydrogen-bond acceptors (Lipinski definition) is 5. The molecule has 2 fully saturated rings. The van der Waals surface area contributed by atoms with E-state index < -0.39 is 23.5 Å². The van der Waals surface area contributed by atoms with Gasteiger partial charge in [-0.15, -0.1) is 0 Å². The van der Waals surface area contributed by atoms with Crippen LogP contribution in [0, 0.1) is 5.41 Å². The number of carbonyl (C=O) groups excluding carboxylic acids is 3. The van der Waals surface area contributed by atoms with Crippen LogP contribution in [0.1, 0.15) is 40.7 Å². The molecule has 10 heteroatoms. The quantitative estimate of drug-likeness (QED) is 0.616. The highest BCUT2D eigenvalue weighted by Gasteiger charge is 2.55. The molecule has 3 aliphatic heterocycles. The van der Waals surface area contributed by atoms with E-state index in [1.807, 2.05) is 0 Å². The Morgan fingerprint density at radius 3 is 2.70 bits per heavy atom. The molecule has 1 aromatic rings. The van der Waals surface area contributed by atoms with E-state index in [1.165, 1.54) is 4.90 Å². The van der Waals surface area contributed by atoms with Crippen molar-refractivity contribution < 1.29 is 27.6 Å². The molecule has 0 aromatic heterocycles. The van der Waals surface area contributed by atoms with Gasteiger partial charge in [0.05, 0.1) is 5.41 Å². The maximum Gasteiger partial charge on any atom is 0.396 e. The Kier molecular flexibility index (Phi) is 5.31. The summed E-state index contributed by atoms with van der Waals surface area (Å²) in [6, 6.07) is 4.53. The third-order valence-electron chi connectivity index (χ3n) is 6.23. The van der Waals surface area contributed by atoms with Gasteiger partial charge in [0, 0.05) is 38.2 Å². The van der Waals surface area contributed by atoms with Gasteiger partial charge in [0.15, 0.2) is 0 Å². The van der Waals surface area contributed by atoms with Crippen LogP contribution in [0.15, 0.2) is 18.2 Å². The molecule has 0 bridgehead atoms. The summed E-state index contributed by atoms with van der Waals surface area (Å²) in [6.07, 6.45) is -3.79. The Balaban J connectivity index is 1.41. The van der Waals surface area contributed by atoms with Crippen LogP contribution in [0.4, 0.5) is 13.2 Å². The zero-order chi connectivity index (χ0) is 21.5. The number of amides is 3. The van der Waals surface area contributed by atoms with Crippen molar-refractivity contribution in [2.75, 3.05) is 19.6 Å². The minimum atomic E-state index is -4.29. The van der Waals surface area contributed by atoms with Crippen LogP contribution in [0.5, 0.6) is 0 Å². The molecule has 0 aliphatic carbocycles. The maximum atomic E-state index is 13.5. The SMILES string of the molecule is O=C1CCC(N2Cc3ccc(CNCC4(C(F)(F)F)CCNC4)cc3C2=O)C(=O)N1. The highest BCUT2D eigenvalue weighted by molar-refractivity contribution is 6.05. The molecule has 2 unspecified atom stereocenters. The first-order valence-electron chi connectivity index (χ1n) is 9.95. The number of benzene rings is 1. The third kappa shape index (κ3) is 3.69. The zero-order valence-electron chi connectivity index (χ0n) is 16.3. The van der Waals surface area contributed by atoms with Crippen LogP contribution >= 0.6 is 0 Å². The van der Waals surface area contributed by atoms with Crippen LogP contribution in [-0.4, -0.2) is 54.5 Å². The number of halogens is 3. The van der Waals surface area contributed by atoms with Crippen LogP contribution in [-0.2, 0) is 22.7 Å². The van der Waals surface area contributed by atoms with Crippen molar-refractivity contribution in [1.29, 1.82) is 0 Å². The van der Waals surface area contributed by atoms with E-state index in [4.69, 9.17) is 0 Å². The van der Waals surface area contributed by atoms with Crippen molar-refractivity contribution in [3.8, 4) is 0 Å². The first-order chi connectivity index (χ1) is 14.2. The van der Waals surface area contributed by atoms with E-state index in [2.05, 4.69) is 16.0 Å². The van der Waals surface area contributed by atoms with Gasteiger partial charge in [-0.25, -0.2) is 0 Å². The molecule has 1 aromatic carbocycles. The molecule has 0 spiro atoms. The number of rotatable bonds is 5. The highest BCUT2D eigenvalue weighted by atomic mass is 19.4. The van der Waals surface area contributed by atoms with E-state index in [1.54, 1.807) is 18.2 Å². The van der Waals surface area contributed by atoms with Crippen molar-refractivity contribution in [3.05, 3.63) is 34.9 Å². The fourth-order valence-corrected chi connectivity index (χ4v) is 4.39. The minimum absolute atomic E-state index is 0.0348. The summed E-state index contributed by atoms with van der Waals surface area (Å²) in [7, 11) is 0. The van der Waals surface area contributed by atoms with Crippen molar-refractivity contribution in [2.24, 2.45) is 5.41 Å². The number of imide groups is 1. The Labute approximate surface area is 171 Å². The van der Waals surface area contributed by atoms with Crippen molar-refractivity contribution in [2.45, 2.75) is 44.6 Å². The summed E-state index contributed by atoms with van der Waals surface area (Å²) >= 11 is 0. The Morgan fingerprint density at radius 1 is 1.23 bits per heavy atom. The van der Waals surface area contributed by atoms with E-state index in [-0.39, 0.29) is 57.3 Å². The first-order valence-corrected chi connectivity index (χ1v) is 9.95. The molecule has 3 aliphatic rings. The van der Waals surface area contributed by atoms with Crippen LogP contribution in [0.3, 0.4) is 0 Å². The second-order valence-corrected chi connectivity index (χ2v) is 8.20. The maximum absolute atomic E-state index is 13.5. The molecule has 3 amide bonds. The average molecular weight is 424 g/mol. The van der Waals surface area contributed by atoms with Gasteiger partial charge >= 0.3 is 6.18 Å². The van der Waals surface area contributed by atoms with Crippen molar-refractivity contribution in [3.63, 3.8) is 0 Å². The summed E-state index contributed by atoms with van der Waals surface area (Å²) in [5, 5.41) is 7.94. The Hall–Kier alpha value is -2.46. The number of nitrogens with zero attached hydrogens (tertiary/aromatic N) is 1. The standard InChI is InChI=1S/C20H23F3N4O3/c21-20(22,23)19(5-6-24-10-19)11-25-8-12-1-2-13-9-27(18(30)14(13)7-12)15-3-4-16(28)26-17(15)29/h1-2,7,15,24-25H,3-6,8-11H2,(H,26,28,29). The lowest BCUT2D eigenvalue weighted by Gasteiger charge is -2.31. The van der Waals surface area contributed by atoms with Gasteiger partial charge in [-0.2, -0.15) is 13.2 Å². The highest BCUT2D eigenvalue weighted by Crippen LogP contribution is 2.42. The normalized spacial score (nSPS) is 26.8. The Morgan fingerprint density at radius 2 is 2.03 bits per heavy atom. The molecular weight excluding hydrogens is 401 g/mol. The molecule has 0 radical (unpaired) electrons. The molecular formula is C20H23F3N4O3. The molecule has 162 valence electrons. The van der Waals surface area contributed by atoms with Crippen LogP contribution in [0.25, 0.3) is 0 Å². The van der Waals surface area contributed by atoms with Gasteiger partial charge in [0.25, 0.3) is 5.91 Å². The summed E-state index contributed by atoms with van der Waals surface area (Å²) in [6.45, 7) is 0.516. The average Bonchev–Trinajstić information content (AvgIpc) is 3.28. The topological polar surface area (TPSA) is 90.5 Å². The van der Waals surface area contributed by atoms with Crippen LogP contribution in [0.2, 0.25) is 0 Å². The number of carbonyl (C=O) groups is 3. The molecule has 3 heterocycles. The monoisotopic (exact) mass is 424 g/mol. The third-order valence-corrected chi connectivity index (χ3v) is 6.23. The number of fused-ring (bicyclic) bond motifs is 1. The lowest BCUT2D eigenvalue weighted by atomic mass is 9.86. The molecule has 30 heavy (non-hydrogen) atoms. The second kappa shape index (κ2) is 7.66. The number of hydrogen-bond donors (Lipinski definition) is 3. The summed E-state index contributed by atoms with van der Waals surface area (Å²) in [5.41, 5.74) is 0.144. The lowest BCUT2D eigenvalue weighted by Crippen LogP contribution is -2.52. The number of alkyl halides is 3. The second-order valence-electron chi connectivity index (χ2n) is 8.20. The summed E-state index contributed by atoms with van der Waals surface area (Å²) < 4.78 is 40.4. The fourth-order valence-electron chi connectivity index (χ4n) is 4.39. The number of nitrogens with one attached hydrogen (secondary N) is 3. The molecule has 2 atom stereocenters. The summed E-state index contributed by atoms with van der Waals surface area (Å²) in [5.74, 6) is -1.12. The summed E-state index contributed by atoms with van der Waals surface area (Å²) in [4.78, 5) is 37.7. The number of piperidine rings is 1. The van der Waals surface area contributed by atoms with E-state index >= 15 is 0 Å². The van der Waals surface area contributed by atoms with E-state index in [9.17, 15) is 27.6 Å². The minimum Gasteiger partial charge on any atom is -0.322 e. The largest absolute Gasteiger partial charge is 0.396 e. The molecule has 7 nitrogen and oxygen atoms in total. The predicted octanol–water partition coefficient (Wildman–Crippen LogP) is 1.08. The molecule has 3 N–H and O–H groups in total. The van der Waals surface area contributed by atoms with E-state index in [0.29, 0.717) is 17.7 Å². The molecule has 0 saturated carbocycles. The van der Waals surface area contributed by atoms with Gasteiger partial charge in [0.1, 0.15) is 6.04 Å². The fraction of sp³-hybridized carbons (Fsp3) is 0.550. The van der Waals surface area contributed by atoms with Gasteiger partial charge < -0.3 is 15.5 Å². The van der Waals surface area contributed by atoms with Crippen molar-refractivity contribution in [1.82, 2.24) is 20.9 Å². The van der Waals surface area contributed by atoms with Crippen molar-refractivity contribution >= 4 is 17.7 Å². The lowest BCUT2D eigenvalue weighted by molar-refractivity contribution is -0.215. The zero-order valence-corrected chi connectivity index (χ0v) is 16.3. The van der Waals surface area contributed by atoms with Gasteiger partial charge in [-0.3, -0.25) is 19.7 Å². The predicted molar refractivity (Wildman–Crippen MR) is 100 cm³/mol. The first kappa shape index (κ1) is 20.8. The van der Waals surface area contributed by atoms with Gasteiger partial charge in [-0.05, 0) is 36.6 Å². The molecule has 2 saturated heterocycles.